The second-order valence-electron chi connectivity index (χ2n) is 6.25. The van der Waals surface area contributed by atoms with Gasteiger partial charge in [0.05, 0.1) is 6.61 Å². The zero-order valence-corrected chi connectivity index (χ0v) is 17.7. The molecule has 0 radical (unpaired) electrons. The average molecular weight is 366 g/mol. The summed E-state index contributed by atoms with van der Waals surface area (Å²) in [5.41, 5.74) is 5.46. The summed E-state index contributed by atoms with van der Waals surface area (Å²) in [7, 11) is 0.124. The van der Waals surface area contributed by atoms with Gasteiger partial charge in [0.2, 0.25) is 0 Å². The molecule has 0 bridgehead atoms. The van der Waals surface area contributed by atoms with Crippen molar-refractivity contribution < 1.29 is 34.6 Å². The second kappa shape index (κ2) is 10.9. The van der Waals surface area contributed by atoms with Crippen molar-refractivity contribution in [3.05, 3.63) is 58.1 Å². The van der Waals surface area contributed by atoms with E-state index in [0.717, 1.165) is 33.3 Å². The summed E-state index contributed by atoms with van der Waals surface area (Å²) < 4.78 is 11.0. The first-order valence-corrected chi connectivity index (χ1v) is 9.62. The van der Waals surface area contributed by atoms with Gasteiger partial charge in [0.1, 0.15) is 12.4 Å². The van der Waals surface area contributed by atoms with Gasteiger partial charge in [0.15, 0.2) is 5.52 Å². The van der Waals surface area contributed by atoms with Crippen LogP contribution >= 0.6 is 8.58 Å². The zero-order valence-electron chi connectivity index (χ0n) is 17.7. The number of hydrogen-bond acceptors (Lipinski definition) is 3. The first kappa shape index (κ1) is 22.9. The molecule has 0 heterocycles. The van der Waals surface area contributed by atoms with Crippen molar-refractivity contribution in [3.8, 4) is 5.75 Å². The second-order valence-corrected chi connectivity index (χ2v) is 7.49. The van der Waals surface area contributed by atoms with Crippen LogP contribution in [0, 0.1) is 27.7 Å². The number of rotatable bonds is 8. The van der Waals surface area contributed by atoms with Gasteiger partial charge in [-0.1, -0.05) is 23.8 Å². The molecule has 0 spiro atoms. The van der Waals surface area contributed by atoms with Gasteiger partial charge in [-0.25, -0.2) is 0 Å². The minimum Gasteiger partial charge on any atom is -1.00 e. The third-order valence-electron chi connectivity index (χ3n) is 4.05. The quantitative estimate of drug-likeness (QED) is 0.404. The molecule has 2 rings (SSSR count). The van der Waals surface area contributed by atoms with Crippen LogP contribution in [0.2, 0.25) is 0 Å². The Morgan fingerprint density at radius 2 is 1.65 bits per heavy atom. The van der Waals surface area contributed by atoms with Gasteiger partial charge in [-0.05, 0) is 77.3 Å². The Labute approximate surface area is 172 Å². The maximum Gasteiger partial charge on any atom is 1.00 e. The van der Waals surface area contributed by atoms with E-state index < -0.39 is 0 Å². The largest absolute Gasteiger partial charge is 1.00 e. The number of benzene rings is 2. The molecule has 0 saturated heterocycles. The van der Waals surface area contributed by atoms with Crippen LogP contribution in [0.15, 0.2) is 30.3 Å². The Kier molecular flexibility index (Phi) is 9.62. The van der Waals surface area contributed by atoms with E-state index in [1.807, 2.05) is 45.9 Å². The molecule has 2 aromatic carbocycles. The van der Waals surface area contributed by atoms with Gasteiger partial charge in [-0.3, -0.25) is 4.79 Å². The number of carbonyl (C=O) groups is 1. The van der Waals surface area contributed by atoms with Gasteiger partial charge in [-0.2, -0.15) is 0 Å². The molecule has 3 nitrogen and oxygen atoms in total. The fourth-order valence-electron chi connectivity index (χ4n) is 2.95. The van der Waals surface area contributed by atoms with Crippen LogP contribution in [0.4, 0.5) is 0 Å². The summed E-state index contributed by atoms with van der Waals surface area (Å²) >= 11 is 0. The van der Waals surface area contributed by atoms with E-state index in [9.17, 15) is 4.79 Å². The van der Waals surface area contributed by atoms with Crippen molar-refractivity contribution in [2.24, 2.45) is 0 Å². The maximum atomic E-state index is 12.8. The molecule has 0 amide bonds. The van der Waals surface area contributed by atoms with Gasteiger partial charge < -0.3 is 10.9 Å². The molecule has 26 heavy (non-hydrogen) atoms. The molecule has 0 aliphatic carbocycles. The Hall–Kier alpha value is -1.10. The molecule has 0 N–H and O–H groups in total. The van der Waals surface area contributed by atoms with E-state index in [1.165, 1.54) is 5.56 Å². The molecule has 1 atom stereocenters. The number of ether oxygens (including phenoxy) is 2. The number of aryl methyl sites for hydroxylation is 4. The van der Waals surface area contributed by atoms with Gasteiger partial charge >= 0.3 is 18.9 Å². The van der Waals surface area contributed by atoms with E-state index in [4.69, 9.17) is 9.47 Å². The van der Waals surface area contributed by atoms with Gasteiger partial charge in [0, 0.05) is 12.2 Å². The summed E-state index contributed by atoms with van der Waals surface area (Å²) in [4.78, 5) is 12.8. The van der Waals surface area contributed by atoms with E-state index in [-0.39, 0.29) is 34.4 Å². The van der Waals surface area contributed by atoms with Crippen LogP contribution in [-0.2, 0) is 4.74 Å². The van der Waals surface area contributed by atoms with E-state index in [1.54, 1.807) is 0 Å². The van der Waals surface area contributed by atoms with Crippen molar-refractivity contribution in [2.45, 2.75) is 34.6 Å². The third-order valence-corrected chi connectivity index (χ3v) is 5.36. The normalized spacial score (nSPS) is 10.8. The van der Waals surface area contributed by atoms with Crippen LogP contribution in [0.5, 0.6) is 5.75 Å². The summed E-state index contributed by atoms with van der Waals surface area (Å²) in [6.45, 7) is 11.9. The molecule has 0 aromatic heterocycles. The monoisotopic (exact) mass is 366 g/mol. The minimum atomic E-state index is 0. The first-order valence-electron chi connectivity index (χ1n) is 8.62. The molecular weight excluding hydrogens is 338 g/mol. The Bertz CT molecular complexity index is 742. The maximum absolute atomic E-state index is 12.8. The van der Waals surface area contributed by atoms with Crippen molar-refractivity contribution >= 4 is 19.4 Å². The summed E-state index contributed by atoms with van der Waals surface area (Å²) in [6.07, 6.45) is 0. The SMILES string of the molecule is CCOCCOc1ccc(PC(=O)c2c(C)cc(C)cc2C)c(C)c1.[H-].[Li+]. The smallest absolute Gasteiger partial charge is 1.00 e. The molecule has 0 saturated carbocycles. The zero-order chi connectivity index (χ0) is 18.4. The first-order chi connectivity index (χ1) is 11.9. The Morgan fingerprint density at radius 3 is 2.23 bits per heavy atom. The number of carbonyl (C=O) groups excluding carboxylic acids is 1. The standard InChI is InChI=1S/C21H27O3P.Li.H/c1-6-23-9-10-24-18-7-8-19(15(3)13-18)25-21(22)20-16(4)11-14(2)12-17(20)5;;/h7-8,11-13,25H,6,9-10H2,1-5H3;;/q;+1;-1. The minimum absolute atomic E-state index is 0. The van der Waals surface area contributed by atoms with Gasteiger partial charge in [-0.15, -0.1) is 0 Å². The van der Waals surface area contributed by atoms with Crippen molar-refractivity contribution in [1.29, 1.82) is 0 Å². The number of hydrogen-bond donors (Lipinski definition) is 0. The molecule has 5 heteroatoms. The van der Waals surface area contributed by atoms with Crippen molar-refractivity contribution in [1.82, 2.24) is 0 Å². The molecule has 0 aliphatic heterocycles. The fraction of sp³-hybridized carbons (Fsp3) is 0.381. The van der Waals surface area contributed by atoms with Crippen LogP contribution in [0.1, 0.15) is 41.0 Å². The molecule has 0 fully saturated rings. The van der Waals surface area contributed by atoms with E-state index in [2.05, 4.69) is 19.1 Å². The fourth-order valence-corrected chi connectivity index (χ4v) is 4.15. The van der Waals surface area contributed by atoms with Crippen LogP contribution < -0.4 is 28.9 Å². The Balaban J connectivity index is 0.00000338. The van der Waals surface area contributed by atoms with Crippen molar-refractivity contribution in [2.75, 3.05) is 19.8 Å². The third kappa shape index (κ3) is 6.25. The molecule has 2 aromatic rings. The summed E-state index contributed by atoms with van der Waals surface area (Å²) in [5.74, 6) is 0.820. The molecular formula is C21H28LiO3P. The predicted octanol–water partition coefficient (Wildman–Crippen LogP) is 1.60. The van der Waals surface area contributed by atoms with E-state index >= 15 is 0 Å². The average Bonchev–Trinajstić information content (AvgIpc) is 2.53. The molecule has 0 aliphatic rings. The van der Waals surface area contributed by atoms with Gasteiger partial charge in [0.25, 0.3) is 0 Å². The van der Waals surface area contributed by atoms with Crippen molar-refractivity contribution in [3.63, 3.8) is 0 Å². The summed E-state index contributed by atoms with van der Waals surface area (Å²) in [6, 6.07) is 10.1. The predicted molar refractivity (Wildman–Crippen MR) is 107 cm³/mol. The molecule has 1 unspecified atom stereocenters. The van der Waals surface area contributed by atoms with Crippen LogP contribution in [0.3, 0.4) is 0 Å². The van der Waals surface area contributed by atoms with Crippen LogP contribution in [0.25, 0.3) is 0 Å². The van der Waals surface area contributed by atoms with Crippen LogP contribution in [-0.4, -0.2) is 25.3 Å². The molecule has 136 valence electrons. The topological polar surface area (TPSA) is 35.5 Å². The summed E-state index contributed by atoms with van der Waals surface area (Å²) in [5, 5.41) is 1.07. The Morgan fingerprint density at radius 1 is 1.00 bits per heavy atom. The van der Waals surface area contributed by atoms with E-state index in [0.29, 0.717) is 19.8 Å².